The van der Waals surface area contributed by atoms with Crippen molar-refractivity contribution in [3.8, 4) is 0 Å². The minimum atomic E-state index is -0.247. The average Bonchev–Trinajstić information content (AvgIpc) is 3.54. The number of hydrogen-bond acceptors (Lipinski definition) is 4. The number of anilines is 1. The number of thiazole rings is 1. The summed E-state index contributed by atoms with van der Waals surface area (Å²) >= 11 is 15.3. The highest BCUT2D eigenvalue weighted by Crippen LogP contribution is 2.64. The standard InChI is InChI=1S/C29H30Cl2N2O2S2/c1-29(2,3)18-8-6-15(7-9-18)23-24-16-4-5-17(12-16)25(24)36-27-26(23)37-28(35)33(27)14-22(34)32-19-10-11-20(30)21(31)13-19/h6-11,13,16-17,23-25H,4-5,12,14H2,1-3H3,(H,32,34)/t16?,17?,23-,24?,25?/m1/s1. The zero-order chi connectivity index (χ0) is 26.1. The predicted molar refractivity (Wildman–Crippen MR) is 155 cm³/mol. The van der Waals surface area contributed by atoms with E-state index in [0.717, 1.165) is 9.90 Å². The summed E-state index contributed by atoms with van der Waals surface area (Å²) in [5, 5.41) is 5.16. The van der Waals surface area contributed by atoms with Gasteiger partial charge >= 0.3 is 4.87 Å². The number of nitrogens with zero attached hydrogens (tertiary/aromatic N) is 1. The van der Waals surface area contributed by atoms with Gasteiger partial charge < -0.3 is 5.32 Å². The molecule has 2 bridgehead atoms. The monoisotopic (exact) mass is 572 g/mol. The highest BCUT2D eigenvalue weighted by Gasteiger charge is 2.55. The van der Waals surface area contributed by atoms with E-state index < -0.39 is 0 Å². The van der Waals surface area contributed by atoms with Crippen LogP contribution in [0.15, 0.2) is 52.3 Å². The van der Waals surface area contributed by atoms with E-state index in [2.05, 4.69) is 50.4 Å². The van der Waals surface area contributed by atoms with Gasteiger partial charge in [-0.3, -0.25) is 14.2 Å². The highest BCUT2D eigenvalue weighted by molar-refractivity contribution is 8.00. The van der Waals surface area contributed by atoms with Gasteiger partial charge in [0.25, 0.3) is 0 Å². The Labute approximate surface area is 235 Å². The molecule has 3 aromatic rings. The fraction of sp³-hybridized carbons (Fsp3) is 0.448. The summed E-state index contributed by atoms with van der Waals surface area (Å²) in [7, 11) is 0. The van der Waals surface area contributed by atoms with E-state index in [9.17, 15) is 9.59 Å². The first-order valence-corrected chi connectivity index (χ1v) is 15.3. The minimum Gasteiger partial charge on any atom is -0.324 e. The molecular formula is C29H30Cl2N2O2S2. The Morgan fingerprint density at radius 1 is 1.05 bits per heavy atom. The van der Waals surface area contributed by atoms with Crippen LogP contribution in [0.3, 0.4) is 0 Å². The molecule has 2 saturated carbocycles. The largest absolute Gasteiger partial charge is 0.324 e. The first-order chi connectivity index (χ1) is 17.6. The molecular weight excluding hydrogens is 543 g/mol. The molecule has 0 spiro atoms. The number of thioether (sulfide) groups is 1. The third-order valence-electron chi connectivity index (χ3n) is 8.33. The first kappa shape index (κ1) is 25.5. The number of halogens is 2. The first-order valence-electron chi connectivity index (χ1n) is 12.9. The molecule has 1 amide bonds. The fourth-order valence-corrected chi connectivity index (χ4v) is 10.0. The van der Waals surface area contributed by atoms with Crippen molar-refractivity contribution < 1.29 is 4.79 Å². The summed E-state index contributed by atoms with van der Waals surface area (Å²) in [6.45, 7) is 6.69. The molecule has 1 N–H and O–H groups in total. The van der Waals surface area contributed by atoms with Gasteiger partial charge in [-0.1, -0.05) is 79.6 Å². The summed E-state index contributed by atoms with van der Waals surface area (Å²) < 4.78 is 1.69. The van der Waals surface area contributed by atoms with Gasteiger partial charge in [0.2, 0.25) is 5.91 Å². The molecule has 0 radical (unpaired) electrons. The highest BCUT2D eigenvalue weighted by atomic mass is 35.5. The number of rotatable bonds is 4. The molecule has 3 aliphatic rings. The van der Waals surface area contributed by atoms with Crippen molar-refractivity contribution in [3.05, 3.63) is 78.2 Å². The van der Waals surface area contributed by atoms with Crippen molar-refractivity contribution >= 4 is 57.9 Å². The molecule has 6 rings (SSSR count). The molecule has 37 heavy (non-hydrogen) atoms. The third-order valence-corrected chi connectivity index (χ3v) is 11.9. The number of nitrogens with one attached hydrogen (secondary N) is 1. The molecule has 4 unspecified atom stereocenters. The lowest BCUT2D eigenvalue weighted by atomic mass is 9.74. The van der Waals surface area contributed by atoms with Crippen molar-refractivity contribution in [2.75, 3.05) is 5.32 Å². The van der Waals surface area contributed by atoms with E-state index in [1.54, 1.807) is 22.8 Å². The van der Waals surface area contributed by atoms with Crippen molar-refractivity contribution in [1.82, 2.24) is 4.57 Å². The molecule has 194 valence electrons. The maximum Gasteiger partial charge on any atom is 0.308 e. The van der Waals surface area contributed by atoms with Crippen LogP contribution in [0.4, 0.5) is 5.69 Å². The Balaban J connectivity index is 1.35. The maximum absolute atomic E-state index is 13.3. The number of hydrogen-bond donors (Lipinski definition) is 1. The van der Waals surface area contributed by atoms with E-state index in [1.807, 2.05) is 11.8 Å². The number of fused-ring (bicyclic) bond motifs is 6. The second-order valence-corrected chi connectivity index (χ2v) is 14.6. The van der Waals surface area contributed by atoms with Gasteiger partial charge in [-0.05, 0) is 71.8 Å². The van der Waals surface area contributed by atoms with Crippen LogP contribution in [-0.2, 0) is 16.8 Å². The topological polar surface area (TPSA) is 51.1 Å². The lowest BCUT2D eigenvalue weighted by molar-refractivity contribution is -0.116. The number of amides is 1. The van der Waals surface area contributed by atoms with Gasteiger partial charge in [0.05, 0.1) is 15.1 Å². The zero-order valence-electron chi connectivity index (χ0n) is 21.1. The molecule has 4 nitrogen and oxygen atoms in total. The molecule has 2 aliphatic carbocycles. The Kier molecular flexibility index (Phi) is 6.54. The van der Waals surface area contributed by atoms with Crippen LogP contribution in [0.25, 0.3) is 0 Å². The summed E-state index contributed by atoms with van der Waals surface area (Å²) in [4.78, 5) is 27.4. The molecule has 8 heteroatoms. The van der Waals surface area contributed by atoms with Gasteiger partial charge in [-0.2, -0.15) is 0 Å². The van der Waals surface area contributed by atoms with Crippen LogP contribution in [0.2, 0.25) is 10.0 Å². The Morgan fingerprint density at radius 2 is 1.78 bits per heavy atom. The van der Waals surface area contributed by atoms with E-state index in [-0.39, 0.29) is 28.7 Å². The summed E-state index contributed by atoms with van der Waals surface area (Å²) in [5.74, 6) is 1.92. The van der Waals surface area contributed by atoms with Gasteiger partial charge in [0, 0.05) is 21.7 Å². The molecule has 2 aromatic carbocycles. The van der Waals surface area contributed by atoms with E-state index in [0.29, 0.717) is 38.7 Å². The van der Waals surface area contributed by atoms with Crippen LogP contribution in [-0.4, -0.2) is 15.7 Å². The van der Waals surface area contributed by atoms with E-state index in [1.165, 1.54) is 41.7 Å². The molecule has 2 heterocycles. The summed E-state index contributed by atoms with van der Waals surface area (Å²) in [6, 6.07) is 14.0. The number of carbonyl (C=O) groups excluding carboxylic acids is 1. The lowest BCUT2D eigenvalue weighted by Gasteiger charge is -2.40. The average molecular weight is 574 g/mol. The summed E-state index contributed by atoms with van der Waals surface area (Å²) in [6.07, 6.45) is 3.85. The smallest absolute Gasteiger partial charge is 0.308 e. The second kappa shape index (κ2) is 9.48. The van der Waals surface area contributed by atoms with Gasteiger partial charge in [-0.25, -0.2) is 0 Å². The third kappa shape index (κ3) is 4.58. The summed E-state index contributed by atoms with van der Waals surface area (Å²) in [5.41, 5.74) is 3.27. The maximum atomic E-state index is 13.3. The number of benzene rings is 2. The molecule has 0 saturated heterocycles. The van der Waals surface area contributed by atoms with Gasteiger partial charge in [0.15, 0.2) is 0 Å². The molecule has 1 aromatic heterocycles. The predicted octanol–water partition coefficient (Wildman–Crippen LogP) is 7.81. The van der Waals surface area contributed by atoms with Crippen molar-refractivity contribution in [3.63, 3.8) is 0 Å². The van der Waals surface area contributed by atoms with Crippen molar-refractivity contribution in [2.24, 2.45) is 17.8 Å². The van der Waals surface area contributed by atoms with Crippen molar-refractivity contribution in [2.45, 2.75) is 68.2 Å². The van der Waals surface area contributed by atoms with Crippen LogP contribution in [0, 0.1) is 17.8 Å². The van der Waals surface area contributed by atoms with Gasteiger partial charge in [0.1, 0.15) is 6.54 Å². The number of carbonyl (C=O) groups is 1. The molecule has 1 aliphatic heterocycles. The normalized spacial score (nSPS) is 26.1. The van der Waals surface area contributed by atoms with E-state index in [4.69, 9.17) is 23.2 Å². The van der Waals surface area contributed by atoms with E-state index >= 15 is 0 Å². The quantitative estimate of drug-likeness (QED) is 0.347. The molecule has 2 fully saturated rings. The number of aromatic nitrogens is 1. The zero-order valence-corrected chi connectivity index (χ0v) is 24.2. The van der Waals surface area contributed by atoms with Crippen molar-refractivity contribution in [1.29, 1.82) is 0 Å². The SMILES string of the molecule is CC(C)(C)c1ccc([C@H]2c3sc(=O)n(CC(=O)Nc4ccc(Cl)c(Cl)c4)c3SC3C4CCC(C4)C32)cc1. The fourth-order valence-electron chi connectivity index (χ4n) is 6.57. The van der Waals surface area contributed by atoms with Crippen LogP contribution in [0.5, 0.6) is 0 Å². The van der Waals surface area contributed by atoms with Crippen LogP contribution < -0.4 is 10.2 Å². The van der Waals surface area contributed by atoms with Crippen LogP contribution >= 0.6 is 46.3 Å². The Hall–Kier alpha value is -1.73. The van der Waals surface area contributed by atoms with Crippen LogP contribution in [0.1, 0.15) is 62.0 Å². The Bertz CT molecular complexity index is 1420. The Morgan fingerprint density at radius 3 is 2.49 bits per heavy atom. The lowest BCUT2D eigenvalue weighted by Crippen LogP contribution is -2.35. The molecule has 5 atom stereocenters. The van der Waals surface area contributed by atoms with Gasteiger partial charge in [-0.15, -0.1) is 11.8 Å². The second-order valence-electron chi connectivity index (χ2n) is 11.6. The minimum absolute atomic E-state index is 0.0148.